The van der Waals surface area contributed by atoms with Crippen molar-refractivity contribution in [1.29, 1.82) is 0 Å². The van der Waals surface area contributed by atoms with Crippen molar-refractivity contribution in [2.75, 3.05) is 26.1 Å². The summed E-state index contributed by atoms with van der Waals surface area (Å²) in [5.74, 6) is 0.618. The Morgan fingerprint density at radius 1 is 1.23 bits per heavy atom. The molecule has 0 saturated carbocycles. The largest absolute Gasteiger partial charge is 0.493 e. The smallest absolute Gasteiger partial charge is 0.251 e. The van der Waals surface area contributed by atoms with Gasteiger partial charge in [0.2, 0.25) is 0 Å². The van der Waals surface area contributed by atoms with Crippen LogP contribution in [-0.4, -0.2) is 26.2 Å². The van der Waals surface area contributed by atoms with Gasteiger partial charge in [-0.05, 0) is 60.7 Å². The van der Waals surface area contributed by atoms with Gasteiger partial charge in [0.15, 0.2) is 0 Å². The molecule has 1 amide bonds. The van der Waals surface area contributed by atoms with E-state index in [4.69, 9.17) is 15.2 Å². The summed E-state index contributed by atoms with van der Waals surface area (Å²) in [6.45, 7) is 1.22. The molecule has 0 radical (unpaired) electrons. The molecule has 0 aliphatic heterocycles. The van der Waals surface area contributed by atoms with Gasteiger partial charge in [0, 0.05) is 31.4 Å². The van der Waals surface area contributed by atoms with Gasteiger partial charge in [0.25, 0.3) is 5.91 Å². The number of amides is 1. The first-order valence-corrected chi connectivity index (χ1v) is 9.08. The minimum absolute atomic E-state index is 0.0260. The number of nitrogens with two attached hydrogens (primary N) is 1. The average Bonchev–Trinajstić information content (AvgIpc) is 2.65. The minimum atomic E-state index is -0.0815. The van der Waals surface area contributed by atoms with Crippen LogP contribution in [0.25, 0.3) is 0 Å². The second-order valence-electron chi connectivity index (χ2n) is 6.60. The molecule has 0 aromatic heterocycles. The van der Waals surface area contributed by atoms with Crippen LogP contribution in [-0.2, 0) is 11.2 Å². The molecule has 3 rings (SSSR count). The number of rotatable bonds is 7. The molecule has 1 aliphatic rings. The van der Waals surface area contributed by atoms with Gasteiger partial charge in [-0.3, -0.25) is 4.79 Å². The summed E-state index contributed by atoms with van der Waals surface area (Å²) in [5.41, 5.74) is 9.67. The van der Waals surface area contributed by atoms with Gasteiger partial charge in [-0.15, -0.1) is 0 Å². The Morgan fingerprint density at radius 3 is 2.96 bits per heavy atom. The minimum Gasteiger partial charge on any atom is -0.493 e. The fraction of sp³-hybridized carbons (Fsp3) is 0.381. The lowest BCUT2D eigenvalue weighted by Gasteiger charge is -2.26. The third-order valence-corrected chi connectivity index (χ3v) is 4.64. The fourth-order valence-electron chi connectivity index (χ4n) is 3.35. The van der Waals surface area contributed by atoms with E-state index in [2.05, 4.69) is 5.32 Å². The molecule has 0 heterocycles. The highest BCUT2D eigenvalue weighted by molar-refractivity contribution is 5.94. The van der Waals surface area contributed by atoms with E-state index in [1.165, 1.54) is 11.1 Å². The van der Waals surface area contributed by atoms with Gasteiger partial charge >= 0.3 is 0 Å². The summed E-state index contributed by atoms with van der Waals surface area (Å²) in [7, 11) is 1.67. The maximum absolute atomic E-state index is 12.7. The van der Waals surface area contributed by atoms with Crippen LogP contribution in [0.1, 0.15) is 46.8 Å². The van der Waals surface area contributed by atoms with Crippen molar-refractivity contribution in [1.82, 2.24) is 5.32 Å². The number of aryl methyl sites for hydroxylation is 1. The second-order valence-corrected chi connectivity index (χ2v) is 6.60. The van der Waals surface area contributed by atoms with Crippen molar-refractivity contribution in [2.24, 2.45) is 0 Å². The van der Waals surface area contributed by atoms with Gasteiger partial charge in [-0.1, -0.05) is 12.1 Å². The van der Waals surface area contributed by atoms with Crippen LogP contribution in [0.15, 0.2) is 42.5 Å². The number of methoxy groups -OCH3 is 1. The number of hydrogen-bond donors (Lipinski definition) is 2. The lowest BCUT2D eigenvalue weighted by atomic mass is 9.87. The van der Waals surface area contributed by atoms with E-state index in [1.807, 2.05) is 36.4 Å². The summed E-state index contributed by atoms with van der Waals surface area (Å²) in [6.07, 6.45) is 3.81. The SMILES string of the molecule is COCCCOc1cccc(C(=O)NC2CCCc3cc(N)ccc32)c1. The maximum atomic E-state index is 12.7. The van der Waals surface area contributed by atoms with E-state index >= 15 is 0 Å². The van der Waals surface area contributed by atoms with E-state index < -0.39 is 0 Å². The Labute approximate surface area is 154 Å². The van der Waals surface area contributed by atoms with Crippen molar-refractivity contribution >= 4 is 11.6 Å². The zero-order valence-electron chi connectivity index (χ0n) is 15.2. The fourth-order valence-corrected chi connectivity index (χ4v) is 3.35. The number of nitrogens with one attached hydrogen (secondary N) is 1. The number of carbonyl (C=O) groups excluding carboxylic acids is 1. The van der Waals surface area contributed by atoms with E-state index in [0.717, 1.165) is 31.4 Å². The van der Waals surface area contributed by atoms with Crippen molar-refractivity contribution in [3.63, 3.8) is 0 Å². The Balaban J connectivity index is 1.66. The molecule has 3 N–H and O–H groups in total. The van der Waals surface area contributed by atoms with E-state index in [0.29, 0.717) is 24.5 Å². The molecule has 138 valence electrons. The van der Waals surface area contributed by atoms with Crippen LogP contribution < -0.4 is 15.8 Å². The lowest BCUT2D eigenvalue weighted by Crippen LogP contribution is -2.31. The number of anilines is 1. The molecule has 1 unspecified atom stereocenters. The second kappa shape index (κ2) is 8.72. The molecule has 0 saturated heterocycles. The summed E-state index contributed by atoms with van der Waals surface area (Å²) in [6, 6.07) is 13.3. The molecule has 1 aliphatic carbocycles. The Kier molecular flexibility index (Phi) is 6.12. The van der Waals surface area contributed by atoms with Crippen LogP contribution in [0, 0.1) is 0 Å². The zero-order valence-corrected chi connectivity index (χ0v) is 15.2. The molecule has 2 aromatic rings. The summed E-state index contributed by atoms with van der Waals surface area (Å²) < 4.78 is 10.7. The highest BCUT2D eigenvalue weighted by atomic mass is 16.5. The van der Waals surface area contributed by atoms with Gasteiger partial charge in [-0.25, -0.2) is 0 Å². The van der Waals surface area contributed by atoms with E-state index in [9.17, 15) is 4.79 Å². The lowest BCUT2D eigenvalue weighted by molar-refractivity contribution is 0.0932. The summed E-state index contributed by atoms with van der Waals surface area (Å²) in [4.78, 5) is 12.7. The molecular weight excluding hydrogens is 328 g/mol. The predicted octanol–water partition coefficient (Wildman–Crippen LogP) is 3.49. The van der Waals surface area contributed by atoms with Crippen LogP contribution >= 0.6 is 0 Å². The van der Waals surface area contributed by atoms with Gasteiger partial charge in [0.05, 0.1) is 12.6 Å². The number of carbonyl (C=O) groups is 1. The first-order chi connectivity index (χ1) is 12.7. The monoisotopic (exact) mass is 354 g/mol. The Morgan fingerprint density at radius 2 is 2.12 bits per heavy atom. The highest BCUT2D eigenvalue weighted by Gasteiger charge is 2.22. The number of benzene rings is 2. The van der Waals surface area contributed by atoms with Crippen molar-refractivity contribution in [3.05, 3.63) is 59.2 Å². The normalized spacial score (nSPS) is 16.0. The molecule has 26 heavy (non-hydrogen) atoms. The van der Waals surface area contributed by atoms with Crippen LogP contribution in [0.2, 0.25) is 0 Å². The van der Waals surface area contributed by atoms with Crippen LogP contribution in [0.5, 0.6) is 5.75 Å². The van der Waals surface area contributed by atoms with E-state index in [-0.39, 0.29) is 11.9 Å². The predicted molar refractivity (Wildman–Crippen MR) is 102 cm³/mol. The van der Waals surface area contributed by atoms with Crippen molar-refractivity contribution in [2.45, 2.75) is 31.7 Å². The number of hydrogen-bond acceptors (Lipinski definition) is 4. The number of ether oxygens (including phenoxy) is 2. The average molecular weight is 354 g/mol. The molecule has 0 fully saturated rings. The van der Waals surface area contributed by atoms with Crippen molar-refractivity contribution in [3.8, 4) is 5.75 Å². The van der Waals surface area contributed by atoms with Gasteiger partial charge < -0.3 is 20.5 Å². The van der Waals surface area contributed by atoms with Crippen LogP contribution in [0.4, 0.5) is 5.69 Å². The molecular formula is C21H26N2O3. The molecule has 5 nitrogen and oxygen atoms in total. The third kappa shape index (κ3) is 4.55. The van der Waals surface area contributed by atoms with Gasteiger partial charge in [0.1, 0.15) is 5.75 Å². The topological polar surface area (TPSA) is 73.6 Å². The van der Waals surface area contributed by atoms with Crippen LogP contribution in [0.3, 0.4) is 0 Å². The standard InChI is InChI=1S/C21H26N2O3/c1-25-11-4-12-26-18-7-2-6-16(14-18)21(24)23-20-8-3-5-15-13-17(22)9-10-19(15)20/h2,6-7,9-10,13-14,20H,3-5,8,11-12,22H2,1H3,(H,23,24). The Hall–Kier alpha value is -2.53. The molecule has 1 atom stereocenters. The molecule has 0 spiro atoms. The summed E-state index contributed by atoms with van der Waals surface area (Å²) in [5, 5.41) is 3.16. The summed E-state index contributed by atoms with van der Waals surface area (Å²) >= 11 is 0. The molecule has 5 heteroatoms. The first kappa shape index (κ1) is 18.3. The van der Waals surface area contributed by atoms with E-state index in [1.54, 1.807) is 13.2 Å². The van der Waals surface area contributed by atoms with Crippen molar-refractivity contribution < 1.29 is 14.3 Å². The molecule has 0 bridgehead atoms. The first-order valence-electron chi connectivity index (χ1n) is 9.08. The number of fused-ring (bicyclic) bond motifs is 1. The number of nitrogen functional groups attached to an aromatic ring is 1. The van der Waals surface area contributed by atoms with Gasteiger partial charge in [-0.2, -0.15) is 0 Å². The third-order valence-electron chi connectivity index (χ3n) is 4.64. The zero-order chi connectivity index (χ0) is 18.4. The Bertz CT molecular complexity index is 761. The quantitative estimate of drug-likeness (QED) is 0.590. The maximum Gasteiger partial charge on any atom is 0.251 e. The highest BCUT2D eigenvalue weighted by Crippen LogP contribution is 2.31. The molecule has 2 aromatic carbocycles.